The Morgan fingerprint density at radius 1 is 1.25 bits per heavy atom. The lowest BCUT2D eigenvalue weighted by molar-refractivity contribution is 0.759. The summed E-state index contributed by atoms with van der Waals surface area (Å²) in [6.45, 7) is 6.96. The van der Waals surface area contributed by atoms with Crippen molar-refractivity contribution in [1.82, 2.24) is 0 Å². The van der Waals surface area contributed by atoms with Crippen LogP contribution in [0.4, 0.5) is 0 Å². The van der Waals surface area contributed by atoms with E-state index in [1.807, 2.05) is 0 Å². The van der Waals surface area contributed by atoms with Crippen LogP contribution < -0.4 is 5.19 Å². The van der Waals surface area contributed by atoms with E-state index in [0.29, 0.717) is 5.04 Å². The molecular weight excluding hydrogens is 228 g/mol. The lowest BCUT2D eigenvalue weighted by Gasteiger charge is -2.17. The zero-order valence-electron chi connectivity index (χ0n) is 7.89. The van der Waals surface area contributed by atoms with Crippen molar-refractivity contribution in [2.24, 2.45) is 0 Å². The fraction of sp³-hybridized carbons (Fsp3) is 0.400. The molecule has 1 rings (SSSR count). The van der Waals surface area contributed by atoms with Crippen LogP contribution in [0.3, 0.4) is 0 Å². The van der Waals surface area contributed by atoms with Gasteiger partial charge in [-0.1, -0.05) is 54.0 Å². The van der Waals surface area contributed by atoms with Crippen LogP contribution in [0.5, 0.6) is 0 Å². The molecule has 0 radical (unpaired) electrons. The first kappa shape index (κ1) is 10.0. The van der Waals surface area contributed by atoms with E-state index in [2.05, 4.69) is 61.0 Å². The van der Waals surface area contributed by atoms with Gasteiger partial charge in [0.2, 0.25) is 0 Å². The minimum Gasteiger partial charge on any atom is -0.0653 e. The van der Waals surface area contributed by atoms with Crippen molar-refractivity contribution in [3.8, 4) is 0 Å². The van der Waals surface area contributed by atoms with Crippen molar-refractivity contribution >= 4 is 30.6 Å². The van der Waals surface area contributed by atoms with E-state index in [4.69, 9.17) is 0 Å². The number of rotatable bonds is 1. The molecule has 1 aromatic carbocycles. The summed E-state index contributed by atoms with van der Waals surface area (Å²) in [6.07, 6.45) is 0. The molecule has 0 nitrogen and oxygen atoms in total. The smallest absolute Gasteiger partial charge is 0.0601 e. The van der Waals surface area contributed by atoms with Crippen LogP contribution in [0.1, 0.15) is 20.8 Å². The molecule has 0 bridgehead atoms. The second kappa shape index (κ2) is 3.75. The van der Waals surface area contributed by atoms with Crippen LogP contribution in [-0.4, -0.2) is 9.52 Å². The summed E-state index contributed by atoms with van der Waals surface area (Å²) in [5.41, 5.74) is 0. The number of halogens is 1. The minimum atomic E-state index is -0.124. The molecule has 0 atom stereocenters. The average Bonchev–Trinajstić information content (AvgIpc) is 1.82. The Bertz CT molecular complexity index is 263. The standard InChI is InChI=1S/C10H15BrSi/c1-10(2,3)12-9-6-4-5-8(11)7-9/h4-7H,12H2,1-3H3. The Kier molecular flexibility index (Phi) is 3.13. The third-order valence-corrected chi connectivity index (χ3v) is 4.03. The van der Waals surface area contributed by atoms with Gasteiger partial charge in [0.1, 0.15) is 0 Å². The molecule has 66 valence electrons. The maximum atomic E-state index is 3.49. The van der Waals surface area contributed by atoms with Crippen molar-refractivity contribution < 1.29 is 0 Å². The van der Waals surface area contributed by atoms with Gasteiger partial charge in [0, 0.05) is 4.47 Å². The molecule has 0 N–H and O–H groups in total. The number of benzene rings is 1. The molecule has 0 aliphatic heterocycles. The van der Waals surface area contributed by atoms with Crippen LogP contribution in [0.15, 0.2) is 28.7 Å². The fourth-order valence-corrected chi connectivity index (χ4v) is 3.81. The van der Waals surface area contributed by atoms with Gasteiger partial charge in [-0.2, -0.15) is 0 Å². The van der Waals surface area contributed by atoms with Gasteiger partial charge in [-0.3, -0.25) is 0 Å². The van der Waals surface area contributed by atoms with Gasteiger partial charge >= 0.3 is 0 Å². The highest BCUT2D eigenvalue weighted by molar-refractivity contribution is 9.10. The van der Waals surface area contributed by atoms with Gasteiger partial charge in [0.05, 0.1) is 9.52 Å². The molecule has 0 aliphatic rings. The van der Waals surface area contributed by atoms with E-state index >= 15 is 0 Å². The first-order valence-corrected chi connectivity index (χ1v) is 6.42. The second-order valence-corrected chi connectivity index (χ2v) is 8.57. The molecule has 0 spiro atoms. The van der Waals surface area contributed by atoms with E-state index in [9.17, 15) is 0 Å². The van der Waals surface area contributed by atoms with Crippen molar-refractivity contribution in [1.29, 1.82) is 0 Å². The van der Waals surface area contributed by atoms with E-state index in [0.717, 1.165) is 0 Å². The van der Waals surface area contributed by atoms with Gasteiger partial charge in [0.15, 0.2) is 0 Å². The SMILES string of the molecule is CC(C)(C)[SiH2]c1cccc(Br)c1. The summed E-state index contributed by atoms with van der Waals surface area (Å²) in [7, 11) is -0.124. The molecular formula is C10H15BrSi. The second-order valence-electron chi connectivity index (χ2n) is 4.37. The normalized spacial score (nSPS) is 12.7. The van der Waals surface area contributed by atoms with Crippen LogP contribution in [0.25, 0.3) is 0 Å². The lowest BCUT2D eigenvalue weighted by Crippen LogP contribution is -2.22. The topological polar surface area (TPSA) is 0 Å². The van der Waals surface area contributed by atoms with Gasteiger partial charge < -0.3 is 0 Å². The summed E-state index contributed by atoms with van der Waals surface area (Å²) in [5, 5.41) is 2.05. The zero-order chi connectivity index (χ0) is 9.19. The Balaban J connectivity index is 2.77. The molecule has 0 saturated heterocycles. The molecule has 0 aromatic heterocycles. The van der Waals surface area contributed by atoms with Crippen LogP contribution >= 0.6 is 15.9 Å². The fourth-order valence-electron chi connectivity index (χ4n) is 1.26. The highest BCUT2D eigenvalue weighted by Gasteiger charge is 2.11. The number of hydrogen-bond donors (Lipinski definition) is 0. The van der Waals surface area contributed by atoms with Crippen LogP contribution in [-0.2, 0) is 0 Å². The van der Waals surface area contributed by atoms with Crippen molar-refractivity contribution in [3.05, 3.63) is 28.7 Å². The summed E-state index contributed by atoms with van der Waals surface area (Å²) in [6, 6.07) is 8.69. The largest absolute Gasteiger partial charge is 0.0653 e. The molecule has 0 heterocycles. The summed E-state index contributed by atoms with van der Waals surface area (Å²) in [4.78, 5) is 0. The van der Waals surface area contributed by atoms with E-state index < -0.39 is 0 Å². The maximum Gasteiger partial charge on any atom is 0.0601 e. The monoisotopic (exact) mass is 242 g/mol. The molecule has 0 fully saturated rings. The summed E-state index contributed by atoms with van der Waals surface area (Å²) >= 11 is 3.49. The van der Waals surface area contributed by atoms with Gasteiger partial charge in [-0.25, -0.2) is 0 Å². The highest BCUT2D eigenvalue weighted by atomic mass is 79.9. The third kappa shape index (κ3) is 3.54. The third-order valence-electron chi connectivity index (χ3n) is 1.62. The van der Waals surface area contributed by atoms with Crippen molar-refractivity contribution in [2.75, 3.05) is 0 Å². The summed E-state index contributed by atoms with van der Waals surface area (Å²) < 4.78 is 1.21. The maximum absolute atomic E-state index is 3.49. The first-order chi connectivity index (χ1) is 5.47. The molecule has 0 amide bonds. The quantitative estimate of drug-likeness (QED) is 0.665. The molecule has 0 aliphatic carbocycles. The first-order valence-electron chi connectivity index (χ1n) is 4.22. The Labute approximate surface area is 85.3 Å². The predicted octanol–water partition coefficient (Wildman–Crippen LogP) is 2.46. The Morgan fingerprint density at radius 3 is 2.42 bits per heavy atom. The van der Waals surface area contributed by atoms with Crippen molar-refractivity contribution in [3.63, 3.8) is 0 Å². The predicted molar refractivity (Wildman–Crippen MR) is 62.0 cm³/mol. The molecule has 2 heteroatoms. The molecule has 0 unspecified atom stereocenters. The van der Waals surface area contributed by atoms with Crippen LogP contribution in [0.2, 0.25) is 5.04 Å². The van der Waals surface area contributed by atoms with E-state index in [1.165, 1.54) is 9.66 Å². The highest BCUT2D eigenvalue weighted by Crippen LogP contribution is 2.19. The van der Waals surface area contributed by atoms with E-state index in [-0.39, 0.29) is 9.52 Å². The molecule has 0 saturated carbocycles. The number of hydrogen-bond acceptors (Lipinski definition) is 0. The van der Waals surface area contributed by atoms with E-state index in [1.54, 1.807) is 0 Å². The Morgan fingerprint density at radius 2 is 1.92 bits per heavy atom. The molecule has 1 aromatic rings. The molecule has 12 heavy (non-hydrogen) atoms. The lowest BCUT2D eigenvalue weighted by atomic mass is 10.2. The van der Waals surface area contributed by atoms with Crippen LogP contribution in [0, 0.1) is 0 Å². The average molecular weight is 243 g/mol. The minimum absolute atomic E-state index is 0.124. The Hall–Kier alpha value is -0.0831. The summed E-state index contributed by atoms with van der Waals surface area (Å²) in [5.74, 6) is 0. The zero-order valence-corrected chi connectivity index (χ0v) is 10.9. The van der Waals surface area contributed by atoms with Gasteiger partial charge in [-0.15, -0.1) is 0 Å². The van der Waals surface area contributed by atoms with Gasteiger partial charge in [0.25, 0.3) is 0 Å². The van der Waals surface area contributed by atoms with Crippen molar-refractivity contribution in [2.45, 2.75) is 25.8 Å². The van der Waals surface area contributed by atoms with Gasteiger partial charge in [-0.05, 0) is 17.2 Å².